The number of imide groups is 1. The highest BCUT2D eigenvalue weighted by Crippen LogP contribution is 2.07. The largest absolute Gasteiger partial charge is 0.324 e. The van der Waals surface area contributed by atoms with E-state index in [1.54, 1.807) is 4.90 Å². The number of nitrogens with one attached hydrogen (secondary N) is 1. The van der Waals surface area contributed by atoms with Crippen LogP contribution in [-0.2, 0) is 4.79 Å². The summed E-state index contributed by atoms with van der Waals surface area (Å²) in [4.78, 5) is 24.1. The van der Waals surface area contributed by atoms with Crippen molar-refractivity contribution in [1.29, 1.82) is 0 Å². The van der Waals surface area contributed by atoms with E-state index < -0.39 is 0 Å². The van der Waals surface area contributed by atoms with Gasteiger partial charge in [-0.25, -0.2) is 4.79 Å². The van der Waals surface area contributed by atoms with Gasteiger partial charge in [-0.3, -0.25) is 10.1 Å². The van der Waals surface area contributed by atoms with Crippen LogP contribution in [0.2, 0.25) is 0 Å². The summed E-state index contributed by atoms with van der Waals surface area (Å²) >= 11 is 0. The Morgan fingerprint density at radius 3 is 2.93 bits per heavy atom. The summed E-state index contributed by atoms with van der Waals surface area (Å²) in [5.41, 5.74) is 0. The van der Waals surface area contributed by atoms with E-state index in [0.717, 1.165) is 6.42 Å². The second-order valence-electron chi connectivity index (χ2n) is 3.50. The third kappa shape index (κ3) is 2.58. The van der Waals surface area contributed by atoms with Crippen LogP contribution in [0.25, 0.3) is 0 Å². The molecule has 1 rings (SSSR count). The van der Waals surface area contributed by atoms with E-state index in [1.807, 2.05) is 26.0 Å². The van der Waals surface area contributed by atoms with Crippen molar-refractivity contribution in [2.45, 2.75) is 20.3 Å². The Morgan fingerprint density at radius 2 is 2.29 bits per heavy atom. The molecular formula is C10H16N2O2. The summed E-state index contributed by atoms with van der Waals surface area (Å²) in [5.74, 6) is -0.268. The fourth-order valence-corrected chi connectivity index (χ4v) is 1.39. The summed E-state index contributed by atoms with van der Waals surface area (Å²) < 4.78 is 0. The van der Waals surface area contributed by atoms with Gasteiger partial charge in [-0.2, -0.15) is 0 Å². The van der Waals surface area contributed by atoms with Crippen molar-refractivity contribution in [2.24, 2.45) is 5.92 Å². The topological polar surface area (TPSA) is 49.4 Å². The van der Waals surface area contributed by atoms with Crippen LogP contribution in [0.3, 0.4) is 0 Å². The minimum Gasteiger partial charge on any atom is -0.323 e. The smallest absolute Gasteiger partial charge is 0.323 e. The van der Waals surface area contributed by atoms with Gasteiger partial charge in [0.25, 0.3) is 0 Å². The van der Waals surface area contributed by atoms with Crippen molar-refractivity contribution in [3.05, 3.63) is 12.2 Å². The molecule has 4 nitrogen and oxygen atoms in total. The van der Waals surface area contributed by atoms with E-state index in [-0.39, 0.29) is 17.9 Å². The fourth-order valence-electron chi connectivity index (χ4n) is 1.39. The SMILES string of the molecule is C/C=C/CCN1CC(C)C(=O)NC1=O. The van der Waals surface area contributed by atoms with Gasteiger partial charge >= 0.3 is 6.03 Å². The van der Waals surface area contributed by atoms with Crippen LogP contribution in [0, 0.1) is 5.92 Å². The minimum atomic E-state index is -0.266. The Hall–Kier alpha value is -1.32. The zero-order chi connectivity index (χ0) is 10.6. The second kappa shape index (κ2) is 4.79. The molecule has 3 amide bonds. The molecule has 0 aromatic heterocycles. The number of rotatable bonds is 3. The van der Waals surface area contributed by atoms with Gasteiger partial charge in [-0.1, -0.05) is 19.1 Å². The monoisotopic (exact) mass is 196 g/mol. The van der Waals surface area contributed by atoms with Crippen molar-refractivity contribution in [3.63, 3.8) is 0 Å². The molecule has 14 heavy (non-hydrogen) atoms. The standard InChI is InChI=1S/C10H16N2O2/c1-3-4-5-6-12-7-8(2)9(13)11-10(12)14/h3-4,8H,5-7H2,1-2H3,(H,11,13,14)/b4-3+. The van der Waals surface area contributed by atoms with E-state index in [1.165, 1.54) is 0 Å². The zero-order valence-corrected chi connectivity index (χ0v) is 8.62. The Morgan fingerprint density at radius 1 is 1.57 bits per heavy atom. The maximum atomic E-state index is 11.3. The van der Waals surface area contributed by atoms with E-state index in [2.05, 4.69) is 5.32 Å². The fraction of sp³-hybridized carbons (Fsp3) is 0.600. The Balaban J connectivity index is 2.45. The highest BCUT2D eigenvalue weighted by molar-refractivity contribution is 5.97. The third-order valence-corrected chi connectivity index (χ3v) is 2.26. The molecule has 1 atom stereocenters. The molecule has 4 heteroatoms. The number of carbonyl (C=O) groups excluding carboxylic acids is 2. The van der Waals surface area contributed by atoms with E-state index in [0.29, 0.717) is 13.1 Å². The van der Waals surface area contributed by atoms with Crippen LogP contribution >= 0.6 is 0 Å². The van der Waals surface area contributed by atoms with Crippen molar-refractivity contribution < 1.29 is 9.59 Å². The number of urea groups is 1. The van der Waals surface area contributed by atoms with Crippen molar-refractivity contribution in [3.8, 4) is 0 Å². The normalized spacial score (nSPS) is 23.0. The van der Waals surface area contributed by atoms with Crippen molar-refractivity contribution >= 4 is 11.9 Å². The Kier molecular flexibility index (Phi) is 3.68. The van der Waals surface area contributed by atoms with E-state index in [9.17, 15) is 9.59 Å². The predicted octanol–water partition coefficient (Wildman–Crippen LogP) is 1.14. The van der Waals surface area contributed by atoms with E-state index >= 15 is 0 Å². The maximum Gasteiger partial charge on any atom is 0.324 e. The summed E-state index contributed by atoms with van der Waals surface area (Å²) in [6.45, 7) is 4.98. The van der Waals surface area contributed by atoms with E-state index in [4.69, 9.17) is 0 Å². The Labute approximate surface area is 84.0 Å². The first-order chi connectivity index (χ1) is 6.65. The van der Waals surface area contributed by atoms with Gasteiger partial charge in [0.1, 0.15) is 0 Å². The number of hydrogen-bond acceptors (Lipinski definition) is 2. The molecule has 0 saturated carbocycles. The molecule has 1 unspecified atom stereocenters. The molecule has 0 aromatic carbocycles. The molecule has 0 bridgehead atoms. The lowest BCUT2D eigenvalue weighted by atomic mass is 10.1. The van der Waals surface area contributed by atoms with Gasteiger partial charge in [-0.05, 0) is 13.3 Å². The summed E-state index contributed by atoms with van der Waals surface area (Å²) in [5, 5.41) is 2.33. The molecule has 1 N–H and O–H groups in total. The Bertz CT molecular complexity index is 261. The summed E-state index contributed by atoms with van der Waals surface area (Å²) in [6.07, 6.45) is 4.80. The molecule has 1 saturated heterocycles. The highest BCUT2D eigenvalue weighted by atomic mass is 16.2. The number of carbonyl (C=O) groups is 2. The summed E-state index contributed by atoms with van der Waals surface area (Å²) in [7, 11) is 0. The van der Waals surface area contributed by atoms with Crippen molar-refractivity contribution in [2.75, 3.05) is 13.1 Å². The van der Waals surface area contributed by atoms with Gasteiger partial charge < -0.3 is 4.90 Å². The molecular weight excluding hydrogens is 180 g/mol. The van der Waals surface area contributed by atoms with Crippen LogP contribution in [0.5, 0.6) is 0 Å². The van der Waals surface area contributed by atoms with Crippen LogP contribution in [0.1, 0.15) is 20.3 Å². The maximum absolute atomic E-state index is 11.3. The minimum absolute atomic E-state index is 0.0988. The van der Waals surface area contributed by atoms with Crippen LogP contribution in [0.4, 0.5) is 4.79 Å². The first-order valence-electron chi connectivity index (χ1n) is 4.86. The molecule has 1 aliphatic heterocycles. The predicted molar refractivity (Wildman–Crippen MR) is 53.7 cm³/mol. The average molecular weight is 196 g/mol. The molecule has 0 aliphatic carbocycles. The van der Waals surface area contributed by atoms with Gasteiger partial charge in [0.2, 0.25) is 5.91 Å². The molecule has 1 aliphatic rings. The number of amides is 3. The lowest BCUT2D eigenvalue weighted by molar-refractivity contribution is -0.125. The highest BCUT2D eigenvalue weighted by Gasteiger charge is 2.28. The summed E-state index contributed by atoms with van der Waals surface area (Å²) in [6, 6.07) is -0.266. The molecule has 1 fully saturated rings. The number of nitrogens with zero attached hydrogens (tertiary/aromatic N) is 1. The zero-order valence-electron chi connectivity index (χ0n) is 8.62. The number of hydrogen-bond donors (Lipinski definition) is 1. The lowest BCUT2D eigenvalue weighted by Crippen LogP contribution is -2.53. The lowest BCUT2D eigenvalue weighted by Gasteiger charge is -2.29. The molecule has 0 aromatic rings. The van der Waals surface area contributed by atoms with Crippen molar-refractivity contribution in [1.82, 2.24) is 10.2 Å². The molecule has 78 valence electrons. The number of allylic oxidation sites excluding steroid dienone is 1. The van der Waals surface area contributed by atoms with Crippen LogP contribution in [-0.4, -0.2) is 29.9 Å². The van der Waals surface area contributed by atoms with Gasteiger partial charge in [-0.15, -0.1) is 0 Å². The first-order valence-corrected chi connectivity index (χ1v) is 4.86. The van der Waals surface area contributed by atoms with Gasteiger partial charge in [0, 0.05) is 13.1 Å². The second-order valence-corrected chi connectivity index (χ2v) is 3.50. The van der Waals surface area contributed by atoms with Crippen LogP contribution in [0.15, 0.2) is 12.2 Å². The van der Waals surface area contributed by atoms with Gasteiger partial charge in [0.15, 0.2) is 0 Å². The molecule has 0 spiro atoms. The third-order valence-electron chi connectivity index (χ3n) is 2.26. The quantitative estimate of drug-likeness (QED) is 0.688. The van der Waals surface area contributed by atoms with Gasteiger partial charge in [0.05, 0.1) is 5.92 Å². The molecule has 0 radical (unpaired) electrons. The van der Waals surface area contributed by atoms with Crippen LogP contribution < -0.4 is 5.32 Å². The average Bonchev–Trinajstić information content (AvgIpc) is 2.14. The molecule has 1 heterocycles. The first kappa shape index (κ1) is 10.8.